The van der Waals surface area contributed by atoms with Gasteiger partial charge < -0.3 is 10.2 Å². The van der Waals surface area contributed by atoms with Crippen molar-refractivity contribution in [3.05, 3.63) is 11.1 Å². The SMILES string of the molecule is CC1=C(CO)C(C)(C)CC(=O)[C@H]1O. The van der Waals surface area contributed by atoms with Crippen molar-refractivity contribution in [2.75, 3.05) is 6.61 Å². The molecule has 3 nitrogen and oxygen atoms in total. The third-order valence-electron chi connectivity index (χ3n) is 2.78. The van der Waals surface area contributed by atoms with Gasteiger partial charge in [0.05, 0.1) is 6.61 Å². The molecule has 0 heterocycles. The monoisotopic (exact) mass is 184 g/mol. The van der Waals surface area contributed by atoms with Crippen LogP contribution < -0.4 is 0 Å². The summed E-state index contributed by atoms with van der Waals surface area (Å²) in [7, 11) is 0. The minimum absolute atomic E-state index is 0.0802. The van der Waals surface area contributed by atoms with Gasteiger partial charge in [-0.25, -0.2) is 0 Å². The van der Waals surface area contributed by atoms with Crippen LogP contribution in [0, 0.1) is 5.41 Å². The summed E-state index contributed by atoms with van der Waals surface area (Å²) in [5, 5.41) is 18.6. The Morgan fingerprint density at radius 2 is 2.08 bits per heavy atom. The fourth-order valence-corrected chi connectivity index (χ4v) is 1.92. The average Bonchev–Trinajstić information content (AvgIpc) is 2.00. The van der Waals surface area contributed by atoms with Gasteiger partial charge in [0.15, 0.2) is 5.78 Å². The van der Waals surface area contributed by atoms with Gasteiger partial charge in [0, 0.05) is 6.42 Å². The minimum atomic E-state index is -1.00. The van der Waals surface area contributed by atoms with Crippen molar-refractivity contribution < 1.29 is 15.0 Å². The number of rotatable bonds is 1. The first kappa shape index (κ1) is 10.4. The smallest absolute Gasteiger partial charge is 0.166 e. The number of aliphatic hydroxyl groups is 2. The first-order valence-electron chi connectivity index (χ1n) is 4.42. The van der Waals surface area contributed by atoms with Crippen LogP contribution in [-0.2, 0) is 4.79 Å². The lowest BCUT2D eigenvalue weighted by atomic mass is 9.71. The number of aliphatic hydroxyl groups excluding tert-OH is 2. The maximum absolute atomic E-state index is 11.3. The van der Waals surface area contributed by atoms with Crippen molar-refractivity contribution in [2.24, 2.45) is 5.41 Å². The van der Waals surface area contributed by atoms with Crippen LogP contribution in [0.3, 0.4) is 0 Å². The van der Waals surface area contributed by atoms with Crippen LogP contribution >= 0.6 is 0 Å². The molecule has 0 amide bonds. The molecule has 0 spiro atoms. The number of carbonyl (C=O) groups is 1. The zero-order valence-corrected chi connectivity index (χ0v) is 8.29. The number of hydrogen-bond acceptors (Lipinski definition) is 3. The first-order valence-corrected chi connectivity index (χ1v) is 4.42. The molecule has 1 aliphatic rings. The van der Waals surface area contributed by atoms with Crippen LogP contribution in [0.1, 0.15) is 27.2 Å². The Balaban J connectivity index is 3.16. The van der Waals surface area contributed by atoms with Crippen LogP contribution in [0.4, 0.5) is 0 Å². The van der Waals surface area contributed by atoms with Gasteiger partial charge >= 0.3 is 0 Å². The highest BCUT2D eigenvalue weighted by molar-refractivity contribution is 5.88. The molecule has 74 valence electrons. The van der Waals surface area contributed by atoms with Crippen molar-refractivity contribution in [3.8, 4) is 0 Å². The molecule has 0 unspecified atom stereocenters. The zero-order chi connectivity index (χ0) is 10.2. The van der Waals surface area contributed by atoms with Crippen molar-refractivity contribution >= 4 is 5.78 Å². The molecule has 0 aromatic carbocycles. The lowest BCUT2D eigenvalue weighted by molar-refractivity contribution is -0.128. The summed E-state index contributed by atoms with van der Waals surface area (Å²) in [4.78, 5) is 11.3. The predicted molar refractivity (Wildman–Crippen MR) is 49.2 cm³/mol. The van der Waals surface area contributed by atoms with Crippen LogP contribution in [0.2, 0.25) is 0 Å². The first-order chi connectivity index (χ1) is 5.90. The molecule has 3 heteroatoms. The van der Waals surface area contributed by atoms with E-state index < -0.39 is 6.10 Å². The maximum Gasteiger partial charge on any atom is 0.166 e. The highest BCUT2D eigenvalue weighted by atomic mass is 16.3. The second-order valence-electron chi connectivity index (χ2n) is 4.25. The fraction of sp³-hybridized carbons (Fsp3) is 0.700. The van der Waals surface area contributed by atoms with E-state index in [-0.39, 0.29) is 17.8 Å². The van der Waals surface area contributed by atoms with Crippen molar-refractivity contribution in [1.82, 2.24) is 0 Å². The molecular formula is C10H16O3. The number of carbonyl (C=O) groups excluding carboxylic acids is 1. The van der Waals surface area contributed by atoms with E-state index in [9.17, 15) is 9.90 Å². The second kappa shape index (κ2) is 3.24. The van der Waals surface area contributed by atoms with Crippen molar-refractivity contribution in [1.29, 1.82) is 0 Å². The molecule has 1 aliphatic carbocycles. The van der Waals surface area contributed by atoms with Crippen LogP contribution in [0.5, 0.6) is 0 Å². The van der Waals surface area contributed by atoms with Gasteiger partial charge in [-0.15, -0.1) is 0 Å². The Morgan fingerprint density at radius 1 is 1.54 bits per heavy atom. The standard InChI is InChI=1S/C10H16O3/c1-6-7(5-11)10(2,3)4-8(12)9(6)13/h9,11,13H,4-5H2,1-3H3/t9-/m0/s1. The molecule has 0 aromatic rings. The lowest BCUT2D eigenvalue weighted by Gasteiger charge is -2.34. The van der Waals surface area contributed by atoms with E-state index in [0.717, 1.165) is 5.57 Å². The lowest BCUT2D eigenvalue weighted by Crippen LogP contribution is -2.37. The number of ketones is 1. The van der Waals surface area contributed by atoms with Crippen LogP contribution in [0.15, 0.2) is 11.1 Å². The number of hydrogen-bond donors (Lipinski definition) is 2. The summed E-state index contributed by atoms with van der Waals surface area (Å²) in [6.07, 6.45) is -0.698. The zero-order valence-electron chi connectivity index (χ0n) is 8.29. The Morgan fingerprint density at radius 3 is 2.54 bits per heavy atom. The van der Waals surface area contributed by atoms with Gasteiger partial charge in [0.25, 0.3) is 0 Å². The molecule has 0 aliphatic heterocycles. The normalized spacial score (nSPS) is 28.1. The molecule has 13 heavy (non-hydrogen) atoms. The van der Waals surface area contributed by atoms with Crippen LogP contribution in [0.25, 0.3) is 0 Å². The molecule has 2 N–H and O–H groups in total. The summed E-state index contributed by atoms with van der Waals surface area (Å²) in [5.74, 6) is -0.153. The molecule has 0 saturated carbocycles. The Kier molecular flexibility index (Phi) is 2.59. The van der Waals surface area contributed by atoms with Gasteiger partial charge in [-0.05, 0) is 23.5 Å². The van der Waals surface area contributed by atoms with Gasteiger partial charge in [0.1, 0.15) is 6.10 Å². The Labute approximate surface area is 78.1 Å². The summed E-state index contributed by atoms with van der Waals surface area (Å²) in [6, 6.07) is 0. The number of Topliss-reactive ketones (excluding diaryl/α,β-unsaturated/α-hetero) is 1. The molecular weight excluding hydrogens is 168 g/mol. The van der Waals surface area contributed by atoms with Gasteiger partial charge in [-0.3, -0.25) is 4.79 Å². The van der Waals surface area contributed by atoms with E-state index in [0.29, 0.717) is 12.0 Å². The average molecular weight is 184 g/mol. The Bertz CT molecular complexity index is 263. The summed E-state index contributed by atoms with van der Waals surface area (Å²) in [5.41, 5.74) is 1.10. The van der Waals surface area contributed by atoms with Gasteiger partial charge in [-0.1, -0.05) is 13.8 Å². The molecule has 0 fully saturated rings. The molecule has 0 aromatic heterocycles. The largest absolute Gasteiger partial charge is 0.392 e. The molecule has 1 rings (SSSR count). The van der Waals surface area contributed by atoms with E-state index in [2.05, 4.69) is 0 Å². The van der Waals surface area contributed by atoms with E-state index in [4.69, 9.17) is 5.11 Å². The summed E-state index contributed by atoms with van der Waals surface area (Å²) in [6.45, 7) is 5.44. The summed E-state index contributed by atoms with van der Waals surface area (Å²) >= 11 is 0. The third kappa shape index (κ3) is 1.67. The highest BCUT2D eigenvalue weighted by Crippen LogP contribution is 2.38. The van der Waals surface area contributed by atoms with Crippen molar-refractivity contribution in [2.45, 2.75) is 33.3 Å². The maximum atomic E-state index is 11.3. The van der Waals surface area contributed by atoms with Crippen molar-refractivity contribution in [3.63, 3.8) is 0 Å². The van der Waals surface area contributed by atoms with E-state index in [1.807, 2.05) is 13.8 Å². The fourth-order valence-electron chi connectivity index (χ4n) is 1.92. The van der Waals surface area contributed by atoms with E-state index in [1.54, 1.807) is 6.92 Å². The third-order valence-corrected chi connectivity index (χ3v) is 2.78. The van der Waals surface area contributed by atoms with Gasteiger partial charge in [0.2, 0.25) is 0 Å². The van der Waals surface area contributed by atoms with E-state index >= 15 is 0 Å². The Hall–Kier alpha value is -0.670. The molecule has 0 radical (unpaired) electrons. The second-order valence-corrected chi connectivity index (χ2v) is 4.25. The molecule has 0 bridgehead atoms. The van der Waals surface area contributed by atoms with Crippen LogP contribution in [-0.4, -0.2) is 28.7 Å². The molecule has 0 saturated heterocycles. The highest BCUT2D eigenvalue weighted by Gasteiger charge is 2.37. The quantitative estimate of drug-likeness (QED) is 0.588. The van der Waals surface area contributed by atoms with E-state index in [1.165, 1.54) is 0 Å². The van der Waals surface area contributed by atoms with Gasteiger partial charge in [-0.2, -0.15) is 0 Å². The topological polar surface area (TPSA) is 57.5 Å². The molecule has 1 atom stereocenters. The summed E-state index contributed by atoms with van der Waals surface area (Å²) < 4.78 is 0. The minimum Gasteiger partial charge on any atom is -0.392 e. The predicted octanol–water partition coefficient (Wildman–Crippen LogP) is 0.655.